The van der Waals surface area contributed by atoms with Crippen molar-refractivity contribution < 1.29 is 8.42 Å². The summed E-state index contributed by atoms with van der Waals surface area (Å²) in [6.07, 6.45) is 4.59. The fourth-order valence-electron chi connectivity index (χ4n) is 1.07. The van der Waals surface area contributed by atoms with Gasteiger partial charge in [-0.1, -0.05) is 0 Å². The van der Waals surface area contributed by atoms with Gasteiger partial charge in [-0.3, -0.25) is 0 Å². The van der Waals surface area contributed by atoms with Gasteiger partial charge in [0.05, 0.1) is 12.4 Å². The Bertz CT molecular complexity index is 441. The van der Waals surface area contributed by atoms with Crippen LogP contribution in [0.25, 0.3) is 0 Å². The molecule has 0 atom stereocenters. The Labute approximate surface area is 92.9 Å². The molecule has 0 saturated heterocycles. The second kappa shape index (κ2) is 4.03. The van der Waals surface area contributed by atoms with Gasteiger partial charge in [0.15, 0.2) is 0 Å². The van der Waals surface area contributed by atoms with Gasteiger partial charge >= 0.3 is 0 Å². The van der Waals surface area contributed by atoms with Crippen LogP contribution in [0.2, 0.25) is 5.28 Å². The monoisotopic (exact) mass is 247 g/mol. The Kier molecular flexibility index (Phi) is 2.90. The minimum absolute atomic E-state index is 0.0381. The van der Waals surface area contributed by atoms with Crippen molar-refractivity contribution in [3.63, 3.8) is 0 Å². The molecule has 1 aromatic rings. The lowest BCUT2D eigenvalue weighted by molar-refractivity contribution is 0.576. The second-order valence-electron chi connectivity index (χ2n) is 3.48. The van der Waals surface area contributed by atoms with E-state index in [9.17, 15) is 8.42 Å². The summed E-state index contributed by atoms with van der Waals surface area (Å²) >= 11 is 5.46. The van der Waals surface area contributed by atoms with E-state index in [1.54, 1.807) is 0 Å². The number of hydrogen-bond donors (Lipinski definition) is 1. The Morgan fingerprint density at radius 2 is 2.00 bits per heavy atom. The molecule has 5 nitrogen and oxygen atoms in total. The lowest BCUT2D eigenvalue weighted by atomic mass is 10.4. The molecule has 1 N–H and O–H groups in total. The van der Waals surface area contributed by atoms with Crippen molar-refractivity contribution in [1.82, 2.24) is 14.7 Å². The van der Waals surface area contributed by atoms with Crippen LogP contribution in [0.3, 0.4) is 0 Å². The molecule has 1 saturated carbocycles. The van der Waals surface area contributed by atoms with Crippen LogP contribution in [0.4, 0.5) is 0 Å². The summed E-state index contributed by atoms with van der Waals surface area (Å²) in [5.74, 6) is 0.494. The first kappa shape index (κ1) is 10.8. The number of rotatable bonds is 4. The SMILES string of the molecule is O=S(=O)(NCC1CC1)c1cnc(Cl)nc1. The minimum atomic E-state index is -3.47. The van der Waals surface area contributed by atoms with Crippen molar-refractivity contribution in [2.24, 2.45) is 5.92 Å². The number of nitrogens with one attached hydrogen (secondary N) is 1. The van der Waals surface area contributed by atoms with Crippen LogP contribution in [0.1, 0.15) is 12.8 Å². The number of halogens is 1. The highest BCUT2D eigenvalue weighted by Gasteiger charge is 2.24. The normalized spacial score (nSPS) is 16.6. The molecular weight excluding hydrogens is 238 g/mol. The van der Waals surface area contributed by atoms with E-state index in [0.29, 0.717) is 12.5 Å². The molecule has 0 amide bonds. The number of aromatic nitrogens is 2. The molecule has 1 aliphatic carbocycles. The molecular formula is C8H10ClN3O2S. The highest BCUT2D eigenvalue weighted by atomic mass is 35.5. The zero-order valence-electron chi connectivity index (χ0n) is 7.85. The van der Waals surface area contributed by atoms with E-state index in [2.05, 4.69) is 14.7 Å². The average molecular weight is 248 g/mol. The molecule has 0 aliphatic heterocycles. The first-order chi connectivity index (χ1) is 7.08. The first-order valence-electron chi connectivity index (χ1n) is 4.55. The molecule has 7 heteroatoms. The van der Waals surface area contributed by atoms with Crippen molar-refractivity contribution >= 4 is 21.6 Å². The van der Waals surface area contributed by atoms with Crippen molar-refractivity contribution in [2.75, 3.05) is 6.54 Å². The standard InChI is InChI=1S/C8H10ClN3O2S/c9-8-10-4-7(5-11-8)15(13,14)12-3-6-1-2-6/h4-6,12H,1-3H2. The highest BCUT2D eigenvalue weighted by molar-refractivity contribution is 7.89. The fourth-order valence-corrected chi connectivity index (χ4v) is 2.17. The summed E-state index contributed by atoms with van der Waals surface area (Å²) in [5.41, 5.74) is 0. The minimum Gasteiger partial charge on any atom is -0.225 e. The lowest BCUT2D eigenvalue weighted by Crippen LogP contribution is -2.26. The molecule has 15 heavy (non-hydrogen) atoms. The largest absolute Gasteiger partial charge is 0.243 e. The molecule has 0 spiro atoms. The Morgan fingerprint density at radius 3 is 2.53 bits per heavy atom. The molecule has 82 valence electrons. The molecule has 0 aromatic carbocycles. The fraction of sp³-hybridized carbons (Fsp3) is 0.500. The maximum Gasteiger partial charge on any atom is 0.243 e. The van der Waals surface area contributed by atoms with Gasteiger partial charge in [-0.2, -0.15) is 0 Å². The van der Waals surface area contributed by atoms with Crippen LogP contribution in [0.5, 0.6) is 0 Å². The molecule has 0 radical (unpaired) electrons. The average Bonchev–Trinajstić information content (AvgIpc) is 2.99. The van der Waals surface area contributed by atoms with Crippen molar-refractivity contribution in [3.05, 3.63) is 17.7 Å². The van der Waals surface area contributed by atoms with Crippen LogP contribution in [-0.4, -0.2) is 24.9 Å². The van der Waals surface area contributed by atoms with Crippen LogP contribution < -0.4 is 4.72 Å². The van der Waals surface area contributed by atoms with Gasteiger partial charge in [0.2, 0.25) is 15.3 Å². The van der Waals surface area contributed by atoms with Gasteiger partial charge in [0, 0.05) is 6.54 Å². The molecule has 1 aliphatic rings. The van der Waals surface area contributed by atoms with Crippen LogP contribution in [-0.2, 0) is 10.0 Å². The van der Waals surface area contributed by atoms with Gasteiger partial charge in [0.1, 0.15) is 4.90 Å². The van der Waals surface area contributed by atoms with Crippen molar-refractivity contribution in [1.29, 1.82) is 0 Å². The van der Waals surface area contributed by atoms with Gasteiger partial charge in [-0.25, -0.2) is 23.1 Å². The van der Waals surface area contributed by atoms with E-state index >= 15 is 0 Å². The predicted octanol–water partition coefficient (Wildman–Crippen LogP) is 0.818. The quantitative estimate of drug-likeness (QED) is 0.800. The smallest absolute Gasteiger partial charge is 0.225 e. The molecule has 2 rings (SSSR count). The highest BCUT2D eigenvalue weighted by Crippen LogP contribution is 2.28. The number of hydrogen-bond acceptors (Lipinski definition) is 4. The Hall–Kier alpha value is -0.720. The number of sulfonamides is 1. The third kappa shape index (κ3) is 2.87. The predicted molar refractivity (Wildman–Crippen MR) is 55.0 cm³/mol. The van der Waals surface area contributed by atoms with Crippen LogP contribution in [0.15, 0.2) is 17.3 Å². The summed E-state index contributed by atoms with van der Waals surface area (Å²) in [7, 11) is -3.47. The lowest BCUT2D eigenvalue weighted by Gasteiger charge is -2.04. The van der Waals surface area contributed by atoms with E-state index in [0.717, 1.165) is 12.8 Å². The number of nitrogens with zero attached hydrogens (tertiary/aromatic N) is 2. The molecule has 0 unspecified atom stereocenters. The zero-order chi connectivity index (χ0) is 10.9. The van der Waals surface area contributed by atoms with Gasteiger partial charge in [0.25, 0.3) is 0 Å². The van der Waals surface area contributed by atoms with E-state index in [-0.39, 0.29) is 10.2 Å². The summed E-state index contributed by atoms with van der Waals surface area (Å²) in [4.78, 5) is 7.30. The van der Waals surface area contributed by atoms with Gasteiger partial charge in [-0.05, 0) is 30.4 Å². The second-order valence-corrected chi connectivity index (χ2v) is 5.59. The van der Waals surface area contributed by atoms with E-state index in [4.69, 9.17) is 11.6 Å². The molecule has 1 aromatic heterocycles. The summed E-state index contributed by atoms with van der Waals surface area (Å²) in [6, 6.07) is 0. The van der Waals surface area contributed by atoms with Gasteiger partial charge in [-0.15, -0.1) is 0 Å². The van der Waals surface area contributed by atoms with E-state index in [1.807, 2.05) is 0 Å². The van der Waals surface area contributed by atoms with Crippen LogP contribution in [0, 0.1) is 5.92 Å². The van der Waals surface area contributed by atoms with E-state index in [1.165, 1.54) is 12.4 Å². The first-order valence-corrected chi connectivity index (χ1v) is 6.41. The van der Waals surface area contributed by atoms with Crippen LogP contribution >= 0.6 is 11.6 Å². The molecule has 1 fully saturated rings. The maximum atomic E-state index is 11.6. The maximum absolute atomic E-state index is 11.6. The zero-order valence-corrected chi connectivity index (χ0v) is 9.42. The molecule has 0 bridgehead atoms. The Balaban J connectivity index is 2.09. The summed E-state index contributed by atoms with van der Waals surface area (Å²) in [6.45, 7) is 0.491. The molecule has 1 heterocycles. The van der Waals surface area contributed by atoms with E-state index < -0.39 is 10.0 Å². The van der Waals surface area contributed by atoms with Crippen molar-refractivity contribution in [2.45, 2.75) is 17.7 Å². The van der Waals surface area contributed by atoms with Crippen molar-refractivity contribution in [3.8, 4) is 0 Å². The van der Waals surface area contributed by atoms with Gasteiger partial charge < -0.3 is 0 Å². The summed E-state index contributed by atoms with van der Waals surface area (Å²) < 4.78 is 25.8. The Morgan fingerprint density at radius 1 is 1.40 bits per heavy atom. The topological polar surface area (TPSA) is 72.0 Å². The third-order valence-corrected chi connectivity index (χ3v) is 3.74. The summed E-state index contributed by atoms with van der Waals surface area (Å²) in [5, 5.41) is 0.0381. The third-order valence-electron chi connectivity index (χ3n) is 2.17.